The van der Waals surface area contributed by atoms with E-state index in [4.69, 9.17) is 5.73 Å². The van der Waals surface area contributed by atoms with Gasteiger partial charge in [0.05, 0.1) is 11.4 Å². The lowest BCUT2D eigenvalue weighted by atomic mass is 10.2. The van der Waals surface area contributed by atoms with Crippen molar-refractivity contribution >= 4 is 27.3 Å². The maximum atomic E-state index is 12.7. The summed E-state index contributed by atoms with van der Waals surface area (Å²) < 4.78 is 38.8. The summed E-state index contributed by atoms with van der Waals surface area (Å²) in [4.78, 5) is 0. The van der Waals surface area contributed by atoms with Crippen molar-refractivity contribution in [1.29, 1.82) is 0 Å². The van der Waals surface area contributed by atoms with Gasteiger partial charge in [-0.15, -0.1) is 0 Å². The Labute approximate surface area is 99.1 Å². The Bertz CT molecular complexity index is 413. The number of hydrogen-bond acceptors (Lipinski definition) is 2. The van der Waals surface area contributed by atoms with Crippen LogP contribution in [-0.4, -0.2) is 11.7 Å². The highest BCUT2D eigenvalue weighted by molar-refractivity contribution is 9.10. The molecule has 2 rings (SSSR count). The molecule has 1 saturated carbocycles. The van der Waals surface area contributed by atoms with E-state index in [1.165, 1.54) is 0 Å². The third-order valence-corrected chi connectivity index (χ3v) is 3.18. The zero-order chi connectivity index (χ0) is 12.0. The summed E-state index contributed by atoms with van der Waals surface area (Å²) in [5, 5.41) is 2.50. The van der Waals surface area contributed by atoms with Gasteiger partial charge in [0.15, 0.2) is 0 Å². The van der Waals surface area contributed by atoms with Crippen molar-refractivity contribution in [2.45, 2.75) is 24.6 Å². The minimum Gasteiger partial charge on any atom is -0.397 e. The van der Waals surface area contributed by atoms with Gasteiger partial charge in [-0.25, -0.2) is 0 Å². The number of halogens is 4. The Morgan fingerprint density at radius 2 is 1.94 bits per heavy atom. The minimum absolute atomic E-state index is 0.0997. The fourth-order valence-electron chi connectivity index (χ4n) is 1.50. The standard InChI is InChI=1S/C10H10BrF3N2/c11-6-1-2-7(15)8(5-6)16-9(3-4-9)10(12,13)14/h1-2,5,16H,3-4,15H2. The lowest BCUT2D eigenvalue weighted by Crippen LogP contribution is -2.38. The number of rotatable bonds is 2. The zero-order valence-electron chi connectivity index (χ0n) is 8.24. The van der Waals surface area contributed by atoms with Gasteiger partial charge >= 0.3 is 6.18 Å². The van der Waals surface area contributed by atoms with Crippen molar-refractivity contribution in [1.82, 2.24) is 0 Å². The number of nitrogens with two attached hydrogens (primary N) is 1. The molecule has 1 aromatic carbocycles. The van der Waals surface area contributed by atoms with Gasteiger partial charge in [-0.05, 0) is 31.0 Å². The number of nitrogen functional groups attached to an aromatic ring is 1. The van der Waals surface area contributed by atoms with Crippen LogP contribution in [0.1, 0.15) is 12.8 Å². The van der Waals surface area contributed by atoms with Gasteiger partial charge in [0, 0.05) is 4.47 Å². The molecule has 88 valence electrons. The van der Waals surface area contributed by atoms with Crippen molar-refractivity contribution in [2.75, 3.05) is 11.1 Å². The summed E-state index contributed by atoms with van der Waals surface area (Å²) in [5.41, 5.74) is 4.48. The molecule has 0 aromatic heterocycles. The first-order valence-corrected chi connectivity index (χ1v) is 5.53. The fourth-order valence-corrected chi connectivity index (χ4v) is 1.86. The molecular formula is C10H10BrF3N2. The summed E-state index contributed by atoms with van der Waals surface area (Å²) >= 11 is 3.20. The monoisotopic (exact) mass is 294 g/mol. The van der Waals surface area contributed by atoms with Gasteiger partial charge in [-0.3, -0.25) is 0 Å². The second kappa shape index (κ2) is 3.55. The number of anilines is 2. The van der Waals surface area contributed by atoms with E-state index in [2.05, 4.69) is 21.2 Å². The van der Waals surface area contributed by atoms with E-state index in [-0.39, 0.29) is 12.8 Å². The smallest absolute Gasteiger partial charge is 0.397 e. The third kappa shape index (κ3) is 1.98. The molecule has 0 radical (unpaired) electrons. The van der Waals surface area contributed by atoms with E-state index in [1.807, 2.05) is 0 Å². The second-order valence-corrected chi connectivity index (χ2v) is 4.85. The van der Waals surface area contributed by atoms with Crippen LogP contribution < -0.4 is 11.1 Å². The fraction of sp³-hybridized carbons (Fsp3) is 0.400. The van der Waals surface area contributed by atoms with Crippen molar-refractivity contribution in [3.05, 3.63) is 22.7 Å². The van der Waals surface area contributed by atoms with E-state index >= 15 is 0 Å². The Kier molecular flexibility index (Phi) is 2.57. The maximum Gasteiger partial charge on any atom is 0.411 e. The van der Waals surface area contributed by atoms with Crippen LogP contribution in [0.5, 0.6) is 0 Å². The largest absolute Gasteiger partial charge is 0.411 e. The average molecular weight is 295 g/mol. The van der Waals surface area contributed by atoms with Crippen LogP contribution in [0, 0.1) is 0 Å². The SMILES string of the molecule is Nc1ccc(Br)cc1NC1(C(F)(F)F)CC1. The first kappa shape index (κ1) is 11.6. The molecule has 6 heteroatoms. The maximum absolute atomic E-state index is 12.7. The first-order valence-electron chi connectivity index (χ1n) is 4.74. The summed E-state index contributed by atoms with van der Waals surface area (Å²) in [6.07, 6.45) is -4.04. The molecule has 0 amide bonds. The van der Waals surface area contributed by atoms with Crippen LogP contribution in [0.4, 0.5) is 24.5 Å². The lowest BCUT2D eigenvalue weighted by Gasteiger charge is -2.22. The molecule has 0 heterocycles. The van der Waals surface area contributed by atoms with Crippen molar-refractivity contribution < 1.29 is 13.2 Å². The van der Waals surface area contributed by atoms with Gasteiger partial charge in [0.25, 0.3) is 0 Å². The lowest BCUT2D eigenvalue weighted by molar-refractivity contribution is -0.151. The van der Waals surface area contributed by atoms with Gasteiger partial charge in [-0.2, -0.15) is 13.2 Å². The molecule has 0 unspecified atom stereocenters. The summed E-state index contributed by atoms with van der Waals surface area (Å²) in [6, 6.07) is 4.81. The van der Waals surface area contributed by atoms with Crippen LogP contribution in [0.25, 0.3) is 0 Å². The van der Waals surface area contributed by atoms with Crippen LogP contribution in [0.3, 0.4) is 0 Å². The van der Waals surface area contributed by atoms with Crippen LogP contribution in [0.2, 0.25) is 0 Å². The Balaban J connectivity index is 2.25. The van der Waals surface area contributed by atoms with Crippen molar-refractivity contribution in [3.8, 4) is 0 Å². The molecule has 0 spiro atoms. The molecule has 0 atom stereocenters. The number of alkyl halides is 3. The molecular weight excluding hydrogens is 285 g/mol. The van der Waals surface area contributed by atoms with Gasteiger partial charge in [0.1, 0.15) is 5.54 Å². The summed E-state index contributed by atoms with van der Waals surface area (Å²) in [7, 11) is 0. The van der Waals surface area contributed by atoms with Gasteiger partial charge in [-0.1, -0.05) is 15.9 Å². The molecule has 0 saturated heterocycles. The van der Waals surface area contributed by atoms with Gasteiger partial charge in [0.2, 0.25) is 0 Å². The molecule has 1 aromatic rings. The quantitative estimate of drug-likeness (QED) is 0.819. The van der Waals surface area contributed by atoms with Crippen LogP contribution in [-0.2, 0) is 0 Å². The average Bonchev–Trinajstić information content (AvgIpc) is 2.91. The molecule has 3 N–H and O–H groups in total. The van der Waals surface area contributed by atoms with Crippen molar-refractivity contribution in [2.24, 2.45) is 0 Å². The zero-order valence-corrected chi connectivity index (χ0v) is 9.82. The molecule has 2 nitrogen and oxygen atoms in total. The van der Waals surface area contributed by atoms with E-state index < -0.39 is 11.7 Å². The van der Waals surface area contributed by atoms with Gasteiger partial charge < -0.3 is 11.1 Å². The molecule has 0 bridgehead atoms. The van der Waals surface area contributed by atoms with Crippen molar-refractivity contribution in [3.63, 3.8) is 0 Å². The predicted octanol–water partition coefficient (Wildman–Crippen LogP) is 3.54. The molecule has 1 aliphatic rings. The van der Waals surface area contributed by atoms with E-state index in [0.29, 0.717) is 15.8 Å². The Hall–Kier alpha value is -0.910. The number of hydrogen-bond donors (Lipinski definition) is 2. The predicted molar refractivity (Wildman–Crippen MR) is 60.2 cm³/mol. The Morgan fingerprint density at radius 1 is 1.31 bits per heavy atom. The molecule has 16 heavy (non-hydrogen) atoms. The number of benzene rings is 1. The Morgan fingerprint density at radius 3 is 2.44 bits per heavy atom. The number of nitrogens with one attached hydrogen (secondary N) is 1. The topological polar surface area (TPSA) is 38.0 Å². The normalized spacial score (nSPS) is 18.2. The first-order chi connectivity index (χ1) is 7.34. The highest BCUT2D eigenvalue weighted by atomic mass is 79.9. The third-order valence-electron chi connectivity index (χ3n) is 2.68. The molecule has 0 aliphatic heterocycles. The van der Waals surface area contributed by atoms with E-state index in [9.17, 15) is 13.2 Å². The molecule has 1 fully saturated rings. The van der Waals surface area contributed by atoms with Crippen LogP contribution in [0.15, 0.2) is 22.7 Å². The highest BCUT2D eigenvalue weighted by Gasteiger charge is 2.63. The van der Waals surface area contributed by atoms with E-state index in [0.717, 1.165) is 0 Å². The second-order valence-electron chi connectivity index (χ2n) is 3.94. The molecule has 1 aliphatic carbocycles. The van der Waals surface area contributed by atoms with E-state index in [1.54, 1.807) is 18.2 Å². The van der Waals surface area contributed by atoms with Crippen LogP contribution >= 0.6 is 15.9 Å². The summed E-state index contributed by atoms with van der Waals surface area (Å²) in [5.74, 6) is 0. The summed E-state index contributed by atoms with van der Waals surface area (Å²) in [6.45, 7) is 0. The highest BCUT2D eigenvalue weighted by Crippen LogP contribution is 2.51. The minimum atomic E-state index is -4.23.